The summed E-state index contributed by atoms with van der Waals surface area (Å²) >= 11 is 0.841. The summed E-state index contributed by atoms with van der Waals surface area (Å²) in [6.07, 6.45) is -4.57. The summed E-state index contributed by atoms with van der Waals surface area (Å²) in [6.45, 7) is 0. The van der Waals surface area contributed by atoms with Gasteiger partial charge in [-0.25, -0.2) is 13.2 Å². The number of hydrogen-bond donors (Lipinski definition) is 0. The number of halogens is 3. The number of carbonyl (C=O) groups is 1. The summed E-state index contributed by atoms with van der Waals surface area (Å²) in [7, 11) is -4.23. The third kappa shape index (κ3) is 4.23. The summed E-state index contributed by atoms with van der Waals surface area (Å²) in [5, 5.41) is 12.3. The van der Waals surface area contributed by atoms with Crippen molar-refractivity contribution in [2.45, 2.75) is 10.4 Å². The molecule has 25 heavy (non-hydrogen) atoms. The number of carbonyl (C=O) groups excluding carboxylic acids is 1. The van der Waals surface area contributed by atoms with Crippen LogP contribution in [0, 0.1) is 11.3 Å². The van der Waals surface area contributed by atoms with E-state index in [0.717, 1.165) is 23.5 Å². The second-order valence-corrected chi connectivity index (χ2v) is 7.44. The van der Waals surface area contributed by atoms with E-state index in [-0.39, 0.29) is 9.77 Å². The van der Waals surface area contributed by atoms with E-state index in [0.29, 0.717) is 12.1 Å². The lowest BCUT2D eigenvalue weighted by atomic mass is 10.1. The first-order valence-electron chi connectivity index (χ1n) is 6.31. The zero-order valence-corrected chi connectivity index (χ0v) is 13.7. The number of alkyl halides is 3. The van der Waals surface area contributed by atoms with Crippen LogP contribution in [0.2, 0.25) is 0 Å². The van der Waals surface area contributed by atoms with Crippen LogP contribution in [-0.2, 0) is 20.9 Å². The van der Waals surface area contributed by atoms with Gasteiger partial charge in [0.2, 0.25) is 9.84 Å². The largest absolute Gasteiger partial charge is 0.416 e. The van der Waals surface area contributed by atoms with Gasteiger partial charge in [0.1, 0.15) is 10.3 Å². The molecule has 11 heteroatoms. The van der Waals surface area contributed by atoms with E-state index >= 15 is 0 Å². The number of hydrogen-bond acceptors (Lipinski definition) is 7. The van der Waals surface area contributed by atoms with Crippen LogP contribution in [0.4, 0.5) is 13.2 Å². The van der Waals surface area contributed by atoms with Crippen molar-refractivity contribution < 1.29 is 31.2 Å². The molecule has 0 N–H and O–H groups in total. The average Bonchev–Trinajstić information content (AvgIpc) is 3.09. The summed E-state index contributed by atoms with van der Waals surface area (Å²) in [4.78, 5) is 16.1. The van der Waals surface area contributed by atoms with E-state index in [4.69, 9.17) is 5.26 Å². The summed E-state index contributed by atoms with van der Waals surface area (Å²) < 4.78 is 61.3. The van der Waals surface area contributed by atoms with Crippen LogP contribution in [0.3, 0.4) is 0 Å². The molecular weight excluding hydrogens is 381 g/mol. The molecule has 6 nitrogen and oxygen atoms in total. The first-order valence-corrected chi connectivity index (χ1v) is 8.68. The molecular formula is C14H7F3N2O4S2. The fraction of sp³-hybridized carbons (Fsp3) is 0.0714. The Labute approximate surface area is 143 Å². The number of thiophene rings is 1. The van der Waals surface area contributed by atoms with Gasteiger partial charge in [-0.05, 0) is 35.7 Å². The number of nitriles is 1. The van der Waals surface area contributed by atoms with Crippen molar-refractivity contribution in [3.63, 3.8) is 0 Å². The highest BCUT2D eigenvalue weighted by Gasteiger charge is 2.30. The second-order valence-electron chi connectivity index (χ2n) is 4.40. The normalized spacial score (nSPS) is 12.5. The monoisotopic (exact) mass is 388 g/mol. The average molecular weight is 388 g/mol. The zero-order chi connectivity index (χ0) is 18.7. The molecule has 0 aliphatic heterocycles. The van der Waals surface area contributed by atoms with Gasteiger partial charge in [-0.1, -0.05) is 11.2 Å². The molecule has 0 unspecified atom stereocenters. The Morgan fingerprint density at radius 3 is 2.32 bits per heavy atom. The number of benzene rings is 1. The lowest BCUT2D eigenvalue weighted by Crippen LogP contribution is -2.14. The molecule has 0 bridgehead atoms. The molecule has 1 heterocycles. The molecule has 130 valence electrons. The van der Waals surface area contributed by atoms with Crippen molar-refractivity contribution in [3.8, 4) is 6.07 Å². The molecule has 0 fully saturated rings. The number of nitrogens with zero attached hydrogens (tertiary/aromatic N) is 2. The maximum Gasteiger partial charge on any atom is 0.416 e. The maximum absolute atomic E-state index is 12.4. The van der Waals surface area contributed by atoms with Crippen LogP contribution in [0.15, 0.2) is 51.1 Å². The minimum atomic E-state index is -4.57. The molecule has 2 rings (SSSR count). The van der Waals surface area contributed by atoms with Crippen LogP contribution in [-0.4, -0.2) is 19.4 Å². The van der Waals surface area contributed by atoms with E-state index in [1.807, 2.05) is 0 Å². The minimum absolute atomic E-state index is 0.168. The molecule has 0 spiro atoms. The number of sulfone groups is 1. The highest BCUT2D eigenvalue weighted by molar-refractivity contribution is 8.08. The Morgan fingerprint density at radius 1 is 1.20 bits per heavy atom. The van der Waals surface area contributed by atoms with Crippen molar-refractivity contribution >= 4 is 32.2 Å². The molecule has 1 aromatic carbocycles. The molecule has 2 aromatic rings. The third-order valence-corrected chi connectivity index (χ3v) is 5.72. The highest BCUT2D eigenvalue weighted by Crippen LogP contribution is 2.29. The molecule has 1 aromatic heterocycles. The summed E-state index contributed by atoms with van der Waals surface area (Å²) in [5.74, 6) is -1.21. The van der Waals surface area contributed by atoms with Gasteiger partial charge in [0.25, 0.3) is 5.04 Å². The predicted octanol–water partition coefficient (Wildman–Crippen LogP) is 3.23. The van der Waals surface area contributed by atoms with Gasteiger partial charge >= 0.3 is 12.1 Å². The van der Waals surface area contributed by atoms with Crippen LogP contribution in [0.1, 0.15) is 15.9 Å². The first-order chi connectivity index (χ1) is 11.7. The molecule has 0 saturated carbocycles. The quantitative estimate of drug-likeness (QED) is 0.348. The molecule has 0 aliphatic rings. The van der Waals surface area contributed by atoms with Gasteiger partial charge in [-0.15, -0.1) is 11.3 Å². The van der Waals surface area contributed by atoms with Gasteiger partial charge in [-0.2, -0.15) is 18.4 Å². The van der Waals surface area contributed by atoms with Crippen molar-refractivity contribution in [1.82, 2.24) is 0 Å². The van der Waals surface area contributed by atoms with Crippen molar-refractivity contribution in [3.05, 3.63) is 52.9 Å². The van der Waals surface area contributed by atoms with Crippen LogP contribution < -0.4 is 0 Å². The van der Waals surface area contributed by atoms with Crippen LogP contribution in [0.5, 0.6) is 0 Å². The van der Waals surface area contributed by atoms with Gasteiger partial charge in [0.05, 0.1) is 11.1 Å². The van der Waals surface area contributed by atoms with Gasteiger partial charge in [0.15, 0.2) is 0 Å². The predicted molar refractivity (Wildman–Crippen MR) is 81.4 cm³/mol. The molecule has 0 saturated heterocycles. The van der Waals surface area contributed by atoms with E-state index in [2.05, 4.69) is 9.99 Å². The summed E-state index contributed by atoms with van der Waals surface area (Å²) in [6, 6.07) is 7.01. The Morgan fingerprint density at radius 2 is 1.84 bits per heavy atom. The first kappa shape index (κ1) is 18.6. The summed E-state index contributed by atoms with van der Waals surface area (Å²) in [5.41, 5.74) is -1.26. The molecule has 0 amide bonds. The SMILES string of the molecule is N#C/C(=N/OC(=O)c1ccc(C(F)(F)F)cc1)S(=O)(=O)c1cccs1. The van der Waals surface area contributed by atoms with Crippen molar-refractivity contribution in [2.24, 2.45) is 5.16 Å². The third-order valence-electron chi connectivity index (χ3n) is 2.77. The fourth-order valence-corrected chi connectivity index (χ4v) is 3.63. The van der Waals surface area contributed by atoms with E-state index in [1.165, 1.54) is 23.6 Å². The van der Waals surface area contributed by atoms with Crippen molar-refractivity contribution in [1.29, 1.82) is 5.26 Å². The Hall–Kier alpha value is -2.71. The standard InChI is InChI=1S/C14H7F3N2O4S2/c15-14(16,17)10-5-3-9(4-6-10)13(20)23-19-11(8-18)25(21,22)12-2-1-7-24-12/h1-7H/b19-11-. The molecule has 0 aliphatic carbocycles. The van der Waals surface area contributed by atoms with Crippen LogP contribution in [0.25, 0.3) is 0 Å². The van der Waals surface area contributed by atoms with E-state index < -0.39 is 32.6 Å². The highest BCUT2D eigenvalue weighted by atomic mass is 32.2. The van der Waals surface area contributed by atoms with Gasteiger partial charge in [-0.3, -0.25) is 0 Å². The van der Waals surface area contributed by atoms with E-state index in [9.17, 15) is 26.4 Å². The zero-order valence-electron chi connectivity index (χ0n) is 12.0. The van der Waals surface area contributed by atoms with Crippen molar-refractivity contribution in [2.75, 3.05) is 0 Å². The van der Waals surface area contributed by atoms with Gasteiger partial charge in [0, 0.05) is 0 Å². The minimum Gasteiger partial charge on any atom is -0.311 e. The maximum atomic E-state index is 12.4. The Kier molecular flexibility index (Phi) is 5.24. The Bertz CT molecular complexity index is 941. The van der Waals surface area contributed by atoms with Gasteiger partial charge < -0.3 is 4.84 Å². The smallest absolute Gasteiger partial charge is 0.311 e. The molecule has 0 radical (unpaired) electrons. The number of rotatable bonds is 3. The lowest BCUT2D eigenvalue weighted by molar-refractivity contribution is -0.137. The Balaban J connectivity index is 2.20. The lowest BCUT2D eigenvalue weighted by Gasteiger charge is -2.06. The second kappa shape index (κ2) is 7.04. The number of oxime groups is 1. The van der Waals surface area contributed by atoms with Crippen LogP contribution >= 0.6 is 11.3 Å². The molecule has 0 atom stereocenters. The topological polar surface area (TPSA) is 96.6 Å². The fourth-order valence-electron chi connectivity index (χ4n) is 1.57. The van der Waals surface area contributed by atoms with E-state index in [1.54, 1.807) is 0 Å².